The molecule has 6 nitrogen and oxygen atoms in total. The summed E-state index contributed by atoms with van der Waals surface area (Å²) in [7, 11) is 0. The third kappa shape index (κ3) is 5.37. The van der Waals surface area contributed by atoms with E-state index in [1.54, 1.807) is 17.5 Å². The smallest absolute Gasteiger partial charge is 0.231 e. The number of hydrogen-bond acceptors (Lipinski definition) is 6. The lowest BCUT2D eigenvalue weighted by atomic mass is 10.2. The highest BCUT2D eigenvalue weighted by Gasteiger charge is 2.12. The third-order valence-electron chi connectivity index (χ3n) is 3.43. The first-order valence-electron chi connectivity index (χ1n) is 7.79. The van der Waals surface area contributed by atoms with E-state index in [9.17, 15) is 9.59 Å². The molecule has 27 heavy (non-hydrogen) atoms. The molecule has 0 saturated carbocycles. The number of hydrogen-bond donors (Lipinski definition) is 2. The molecule has 0 fully saturated rings. The number of halogens is 1. The SMILES string of the molecule is N#Cc1cc(NC(=O)Cc2csc(NC(=O)Cc3cccs3)n2)ccc1Cl. The molecule has 0 aliphatic rings. The maximum atomic E-state index is 12.2. The highest BCUT2D eigenvalue weighted by Crippen LogP contribution is 2.21. The predicted molar refractivity (Wildman–Crippen MR) is 107 cm³/mol. The zero-order valence-corrected chi connectivity index (χ0v) is 16.2. The van der Waals surface area contributed by atoms with Crippen molar-refractivity contribution in [1.29, 1.82) is 5.26 Å². The number of anilines is 2. The Morgan fingerprint density at radius 3 is 2.70 bits per heavy atom. The maximum Gasteiger partial charge on any atom is 0.231 e. The molecule has 0 aliphatic heterocycles. The van der Waals surface area contributed by atoms with E-state index < -0.39 is 0 Å². The van der Waals surface area contributed by atoms with Gasteiger partial charge in [-0.05, 0) is 29.6 Å². The van der Waals surface area contributed by atoms with Gasteiger partial charge >= 0.3 is 0 Å². The van der Waals surface area contributed by atoms with Gasteiger partial charge in [-0.3, -0.25) is 9.59 Å². The zero-order valence-electron chi connectivity index (χ0n) is 13.9. The first-order valence-corrected chi connectivity index (χ1v) is 9.93. The van der Waals surface area contributed by atoms with Crippen LogP contribution in [-0.4, -0.2) is 16.8 Å². The Morgan fingerprint density at radius 1 is 1.15 bits per heavy atom. The average molecular weight is 417 g/mol. The molecule has 0 unspecified atom stereocenters. The largest absolute Gasteiger partial charge is 0.326 e. The van der Waals surface area contributed by atoms with Crippen molar-refractivity contribution in [3.8, 4) is 6.07 Å². The molecule has 9 heteroatoms. The number of nitriles is 1. The molecule has 3 aromatic rings. The minimum atomic E-state index is -0.275. The highest BCUT2D eigenvalue weighted by molar-refractivity contribution is 7.14. The van der Waals surface area contributed by atoms with E-state index in [2.05, 4.69) is 15.6 Å². The van der Waals surface area contributed by atoms with Crippen molar-refractivity contribution in [2.45, 2.75) is 12.8 Å². The van der Waals surface area contributed by atoms with Crippen LogP contribution in [0.1, 0.15) is 16.1 Å². The van der Waals surface area contributed by atoms with Crippen molar-refractivity contribution < 1.29 is 9.59 Å². The van der Waals surface area contributed by atoms with Gasteiger partial charge in [0.05, 0.1) is 29.1 Å². The molecule has 0 aliphatic carbocycles. The molecule has 2 aromatic heterocycles. The number of nitrogens with zero attached hydrogens (tertiary/aromatic N) is 2. The van der Waals surface area contributed by atoms with Crippen LogP contribution in [0.4, 0.5) is 10.8 Å². The maximum absolute atomic E-state index is 12.2. The van der Waals surface area contributed by atoms with Gasteiger partial charge in [0.25, 0.3) is 0 Å². The van der Waals surface area contributed by atoms with E-state index in [1.807, 2.05) is 23.6 Å². The fourth-order valence-corrected chi connectivity index (χ4v) is 3.83. The predicted octanol–water partition coefficient (Wildman–Crippen LogP) is 4.09. The van der Waals surface area contributed by atoms with E-state index >= 15 is 0 Å². The third-order valence-corrected chi connectivity index (χ3v) is 5.44. The number of nitrogens with one attached hydrogen (secondary N) is 2. The topological polar surface area (TPSA) is 94.9 Å². The van der Waals surface area contributed by atoms with Gasteiger partial charge in [-0.1, -0.05) is 17.7 Å². The standard InChI is InChI=1S/C18H13ClN4O2S2/c19-15-4-3-12(6-11(15)9-20)21-16(24)7-13-10-27-18(22-13)23-17(25)8-14-2-1-5-26-14/h1-6,10H,7-8H2,(H,21,24)(H,22,23,25). The quantitative estimate of drug-likeness (QED) is 0.632. The van der Waals surface area contributed by atoms with Gasteiger partial charge in [-0.25, -0.2) is 4.98 Å². The average Bonchev–Trinajstić information content (AvgIpc) is 3.28. The Morgan fingerprint density at radius 2 is 1.96 bits per heavy atom. The van der Waals surface area contributed by atoms with E-state index in [0.717, 1.165) is 4.88 Å². The monoisotopic (exact) mass is 416 g/mol. The van der Waals surface area contributed by atoms with Crippen molar-refractivity contribution in [3.63, 3.8) is 0 Å². The second-order valence-corrected chi connectivity index (χ2v) is 7.78. The Balaban J connectivity index is 1.55. The van der Waals surface area contributed by atoms with E-state index in [4.69, 9.17) is 16.9 Å². The second kappa shape index (κ2) is 8.77. The number of thiophene rings is 1. The van der Waals surface area contributed by atoms with Crippen molar-refractivity contribution in [2.75, 3.05) is 10.6 Å². The molecule has 0 radical (unpaired) electrons. The van der Waals surface area contributed by atoms with Crippen LogP contribution < -0.4 is 10.6 Å². The summed E-state index contributed by atoms with van der Waals surface area (Å²) in [5.41, 5.74) is 1.33. The summed E-state index contributed by atoms with van der Waals surface area (Å²) in [6, 6.07) is 10.4. The Bertz CT molecular complexity index is 1010. The number of carbonyl (C=O) groups excluding carboxylic acids is 2. The number of amides is 2. The first kappa shape index (κ1) is 19.0. The van der Waals surface area contributed by atoms with Crippen LogP contribution in [0, 0.1) is 11.3 Å². The van der Waals surface area contributed by atoms with E-state index in [-0.39, 0.29) is 18.2 Å². The van der Waals surface area contributed by atoms with Crippen LogP contribution in [0.3, 0.4) is 0 Å². The molecule has 2 N–H and O–H groups in total. The molecule has 136 valence electrons. The molecule has 3 rings (SSSR count). The summed E-state index contributed by atoms with van der Waals surface area (Å²) in [5, 5.41) is 18.8. The van der Waals surface area contributed by atoms with Crippen molar-refractivity contribution in [1.82, 2.24) is 4.98 Å². The lowest BCUT2D eigenvalue weighted by Gasteiger charge is -2.05. The molecule has 0 atom stereocenters. The van der Waals surface area contributed by atoms with Crippen LogP contribution in [-0.2, 0) is 22.4 Å². The molecule has 0 bridgehead atoms. The second-order valence-electron chi connectivity index (χ2n) is 5.48. The molecule has 0 saturated heterocycles. The van der Waals surface area contributed by atoms with Crippen LogP contribution in [0.5, 0.6) is 0 Å². The summed E-state index contributed by atoms with van der Waals surface area (Å²) >= 11 is 8.66. The van der Waals surface area contributed by atoms with E-state index in [1.165, 1.54) is 28.7 Å². The Labute approximate surface area is 168 Å². The minimum absolute atomic E-state index is 0.0573. The fourth-order valence-electron chi connectivity index (χ4n) is 2.24. The number of benzene rings is 1. The molecular formula is C18H13ClN4O2S2. The molecular weight excluding hydrogens is 404 g/mol. The van der Waals surface area contributed by atoms with Gasteiger partial charge in [0.1, 0.15) is 6.07 Å². The van der Waals surface area contributed by atoms with Crippen LogP contribution >= 0.6 is 34.3 Å². The molecule has 2 amide bonds. The lowest BCUT2D eigenvalue weighted by molar-refractivity contribution is -0.116. The molecule has 0 spiro atoms. The van der Waals surface area contributed by atoms with Gasteiger partial charge < -0.3 is 10.6 Å². The summed E-state index contributed by atoms with van der Waals surface area (Å²) in [6.45, 7) is 0. The van der Waals surface area contributed by atoms with Gasteiger partial charge in [-0.15, -0.1) is 22.7 Å². The lowest BCUT2D eigenvalue weighted by Crippen LogP contribution is -2.15. The van der Waals surface area contributed by atoms with Crippen molar-refractivity contribution in [2.24, 2.45) is 0 Å². The normalized spacial score (nSPS) is 10.2. The number of carbonyl (C=O) groups is 2. The number of aromatic nitrogens is 1. The summed E-state index contributed by atoms with van der Waals surface area (Å²) in [6.07, 6.45) is 0.354. The first-order chi connectivity index (χ1) is 13.0. The van der Waals surface area contributed by atoms with Crippen molar-refractivity contribution in [3.05, 3.63) is 62.2 Å². The van der Waals surface area contributed by atoms with Crippen LogP contribution in [0.2, 0.25) is 5.02 Å². The van der Waals surface area contributed by atoms with E-state index in [0.29, 0.717) is 33.5 Å². The van der Waals surface area contributed by atoms with Gasteiger partial charge in [0.2, 0.25) is 11.8 Å². The fraction of sp³-hybridized carbons (Fsp3) is 0.111. The van der Waals surface area contributed by atoms with Crippen LogP contribution in [0.15, 0.2) is 41.1 Å². The van der Waals surface area contributed by atoms with Crippen molar-refractivity contribution >= 4 is 56.9 Å². The molecule has 2 heterocycles. The highest BCUT2D eigenvalue weighted by atomic mass is 35.5. The summed E-state index contributed by atoms with van der Waals surface area (Å²) in [4.78, 5) is 29.4. The minimum Gasteiger partial charge on any atom is -0.326 e. The van der Waals surface area contributed by atoms with Crippen LogP contribution in [0.25, 0.3) is 0 Å². The van der Waals surface area contributed by atoms with Gasteiger partial charge in [-0.2, -0.15) is 5.26 Å². The number of thiazole rings is 1. The van der Waals surface area contributed by atoms with Gasteiger partial charge in [0.15, 0.2) is 5.13 Å². The Hall–Kier alpha value is -2.73. The zero-order chi connectivity index (χ0) is 19.2. The van der Waals surface area contributed by atoms with Gasteiger partial charge in [0, 0.05) is 15.9 Å². The Kier molecular flexibility index (Phi) is 6.19. The molecule has 1 aromatic carbocycles. The number of rotatable bonds is 6. The summed E-state index contributed by atoms with van der Waals surface area (Å²) < 4.78 is 0. The summed E-state index contributed by atoms with van der Waals surface area (Å²) in [5.74, 6) is -0.420.